The van der Waals surface area contributed by atoms with Crippen molar-refractivity contribution in [2.24, 2.45) is 0 Å². The molecule has 4 aromatic rings. The molecule has 3 heteroatoms. The Balaban J connectivity index is 1.99. The first-order valence-corrected chi connectivity index (χ1v) is 6.90. The summed E-state index contributed by atoms with van der Waals surface area (Å²) in [6, 6.07) is 16.6. The maximum absolute atomic E-state index is 5.60. The number of hydrogen-bond acceptors (Lipinski definition) is 3. The molecule has 0 spiro atoms. The topological polar surface area (TPSA) is 31.4 Å². The second-order valence-corrected chi connectivity index (χ2v) is 5.20. The second kappa shape index (κ2) is 3.85. The van der Waals surface area contributed by atoms with Crippen molar-refractivity contribution in [2.75, 3.05) is 6.79 Å². The number of aromatic nitrogens is 1. The van der Waals surface area contributed by atoms with Crippen LogP contribution in [0.15, 0.2) is 54.7 Å². The van der Waals surface area contributed by atoms with Crippen molar-refractivity contribution in [1.29, 1.82) is 0 Å². The van der Waals surface area contributed by atoms with Gasteiger partial charge in [-0.3, -0.25) is 4.98 Å². The van der Waals surface area contributed by atoms with Crippen LogP contribution >= 0.6 is 0 Å². The van der Waals surface area contributed by atoms with Crippen LogP contribution in [-0.4, -0.2) is 11.8 Å². The van der Waals surface area contributed by atoms with E-state index in [4.69, 9.17) is 9.47 Å². The highest BCUT2D eigenvalue weighted by atomic mass is 16.7. The average Bonchev–Trinajstić information content (AvgIpc) is 3.03. The normalized spacial score (nSPS) is 13.3. The molecule has 0 N–H and O–H groups in total. The first kappa shape index (κ1) is 10.9. The van der Waals surface area contributed by atoms with Gasteiger partial charge < -0.3 is 9.47 Å². The lowest BCUT2D eigenvalue weighted by atomic mass is 10.0. The largest absolute Gasteiger partial charge is 0.454 e. The number of rotatable bonds is 0. The van der Waals surface area contributed by atoms with Crippen LogP contribution in [0.5, 0.6) is 11.5 Å². The number of ether oxygens (including phenoxy) is 2. The van der Waals surface area contributed by atoms with E-state index in [0.29, 0.717) is 0 Å². The molecule has 2 heterocycles. The van der Waals surface area contributed by atoms with E-state index in [-0.39, 0.29) is 6.79 Å². The molecule has 0 unspecified atom stereocenters. The smallest absolute Gasteiger partial charge is 0.231 e. The fourth-order valence-electron chi connectivity index (χ4n) is 3.10. The molecule has 0 bridgehead atoms. The molecule has 3 nitrogen and oxygen atoms in total. The van der Waals surface area contributed by atoms with Crippen LogP contribution in [0.1, 0.15) is 0 Å². The molecule has 0 saturated heterocycles. The molecule has 1 aromatic heterocycles. The first-order valence-electron chi connectivity index (χ1n) is 6.90. The summed E-state index contributed by atoms with van der Waals surface area (Å²) in [5.74, 6) is 1.63. The van der Waals surface area contributed by atoms with Gasteiger partial charge in [0.15, 0.2) is 11.5 Å². The Morgan fingerprint density at radius 1 is 0.762 bits per heavy atom. The van der Waals surface area contributed by atoms with E-state index in [1.54, 1.807) is 0 Å². The van der Waals surface area contributed by atoms with E-state index in [2.05, 4.69) is 41.4 Å². The van der Waals surface area contributed by atoms with Gasteiger partial charge in [0.1, 0.15) is 0 Å². The van der Waals surface area contributed by atoms with Crippen LogP contribution in [0.3, 0.4) is 0 Å². The fourth-order valence-corrected chi connectivity index (χ4v) is 3.10. The maximum atomic E-state index is 5.60. The molecule has 21 heavy (non-hydrogen) atoms. The molecule has 0 amide bonds. The number of nitrogens with zero attached hydrogens (tertiary/aromatic N) is 1. The van der Waals surface area contributed by atoms with Gasteiger partial charge in [0.05, 0.1) is 5.52 Å². The number of pyridine rings is 1. The van der Waals surface area contributed by atoms with Crippen molar-refractivity contribution in [3.05, 3.63) is 54.7 Å². The lowest BCUT2D eigenvalue weighted by molar-refractivity contribution is 0.175. The monoisotopic (exact) mass is 273 g/mol. The van der Waals surface area contributed by atoms with E-state index < -0.39 is 0 Å². The summed E-state index contributed by atoms with van der Waals surface area (Å²) in [6.45, 7) is 0.289. The van der Waals surface area contributed by atoms with E-state index in [9.17, 15) is 0 Å². The van der Waals surface area contributed by atoms with E-state index in [1.807, 2.05) is 18.3 Å². The van der Waals surface area contributed by atoms with E-state index in [1.165, 1.54) is 10.8 Å². The minimum atomic E-state index is 0.289. The zero-order valence-electron chi connectivity index (χ0n) is 11.2. The summed E-state index contributed by atoms with van der Waals surface area (Å²) in [4.78, 5) is 4.67. The molecule has 0 fully saturated rings. The molecular formula is C18H11NO2. The van der Waals surface area contributed by atoms with Gasteiger partial charge in [-0.05, 0) is 23.6 Å². The zero-order valence-corrected chi connectivity index (χ0v) is 11.2. The highest BCUT2D eigenvalue weighted by Crippen LogP contribution is 2.41. The quantitative estimate of drug-likeness (QED) is 0.448. The Kier molecular flexibility index (Phi) is 2.00. The predicted octanol–water partition coefficient (Wildman–Crippen LogP) is 4.27. The molecule has 5 rings (SSSR count). The molecule has 0 saturated carbocycles. The van der Waals surface area contributed by atoms with Crippen molar-refractivity contribution < 1.29 is 9.47 Å². The third kappa shape index (κ3) is 1.40. The third-order valence-electron chi connectivity index (χ3n) is 4.09. The molecule has 1 aliphatic rings. The number of benzene rings is 3. The lowest BCUT2D eigenvalue weighted by Crippen LogP contribution is -1.93. The van der Waals surface area contributed by atoms with Crippen LogP contribution < -0.4 is 9.47 Å². The standard InChI is InChI=1S/C18H11NO2/c1-2-4-12-11(3-1)9-19-17-13(12)5-6-15-14(17)7-8-16-18(15)21-10-20-16/h1-9H,10H2. The van der Waals surface area contributed by atoms with Crippen molar-refractivity contribution >= 4 is 32.4 Å². The van der Waals surface area contributed by atoms with Gasteiger partial charge in [0, 0.05) is 27.7 Å². The molecule has 0 radical (unpaired) electrons. The Bertz CT molecular complexity index is 1020. The SMILES string of the molecule is c1ccc2c(c1)cnc1c3ccc4c(c3ccc21)OCO4. The fraction of sp³-hybridized carbons (Fsp3) is 0.0556. The zero-order chi connectivity index (χ0) is 13.8. The maximum Gasteiger partial charge on any atom is 0.231 e. The number of hydrogen-bond donors (Lipinski definition) is 0. The van der Waals surface area contributed by atoms with Gasteiger partial charge in [-0.1, -0.05) is 30.3 Å². The summed E-state index contributed by atoms with van der Waals surface area (Å²) in [5, 5.41) is 5.70. The Morgan fingerprint density at radius 2 is 1.57 bits per heavy atom. The van der Waals surface area contributed by atoms with Gasteiger partial charge in [-0.25, -0.2) is 0 Å². The van der Waals surface area contributed by atoms with Gasteiger partial charge in [0.2, 0.25) is 6.79 Å². The Labute approximate surface area is 120 Å². The van der Waals surface area contributed by atoms with Crippen molar-refractivity contribution in [3.63, 3.8) is 0 Å². The summed E-state index contributed by atoms with van der Waals surface area (Å²) in [6.07, 6.45) is 1.93. The van der Waals surface area contributed by atoms with E-state index >= 15 is 0 Å². The summed E-state index contributed by atoms with van der Waals surface area (Å²) < 4.78 is 11.0. The number of fused-ring (bicyclic) bond motifs is 7. The summed E-state index contributed by atoms with van der Waals surface area (Å²) in [7, 11) is 0. The van der Waals surface area contributed by atoms with Crippen molar-refractivity contribution in [1.82, 2.24) is 4.98 Å². The Morgan fingerprint density at radius 3 is 2.57 bits per heavy atom. The molecular weight excluding hydrogens is 262 g/mol. The molecule has 100 valence electrons. The minimum Gasteiger partial charge on any atom is -0.454 e. The third-order valence-corrected chi connectivity index (χ3v) is 4.09. The van der Waals surface area contributed by atoms with Crippen LogP contribution in [0.2, 0.25) is 0 Å². The summed E-state index contributed by atoms with van der Waals surface area (Å²) in [5.41, 5.74) is 1.00. The predicted molar refractivity (Wildman–Crippen MR) is 82.9 cm³/mol. The van der Waals surface area contributed by atoms with E-state index in [0.717, 1.165) is 33.2 Å². The van der Waals surface area contributed by atoms with Crippen LogP contribution in [0.4, 0.5) is 0 Å². The van der Waals surface area contributed by atoms with Crippen LogP contribution in [0, 0.1) is 0 Å². The van der Waals surface area contributed by atoms with Gasteiger partial charge in [-0.2, -0.15) is 0 Å². The second-order valence-electron chi connectivity index (χ2n) is 5.20. The first-order chi connectivity index (χ1) is 10.4. The minimum absolute atomic E-state index is 0.289. The van der Waals surface area contributed by atoms with Gasteiger partial charge >= 0.3 is 0 Å². The van der Waals surface area contributed by atoms with Crippen LogP contribution in [-0.2, 0) is 0 Å². The highest BCUT2D eigenvalue weighted by molar-refractivity contribution is 6.16. The molecule has 1 aliphatic heterocycles. The van der Waals surface area contributed by atoms with Gasteiger partial charge in [-0.15, -0.1) is 0 Å². The van der Waals surface area contributed by atoms with Gasteiger partial charge in [0.25, 0.3) is 0 Å². The van der Waals surface area contributed by atoms with Crippen LogP contribution in [0.25, 0.3) is 32.4 Å². The Hall–Kier alpha value is -2.81. The highest BCUT2D eigenvalue weighted by Gasteiger charge is 2.18. The molecule has 0 atom stereocenters. The average molecular weight is 273 g/mol. The molecule has 0 aliphatic carbocycles. The van der Waals surface area contributed by atoms with Crippen molar-refractivity contribution in [2.45, 2.75) is 0 Å². The summed E-state index contributed by atoms with van der Waals surface area (Å²) >= 11 is 0. The lowest BCUT2D eigenvalue weighted by Gasteiger charge is -2.08. The molecule has 3 aromatic carbocycles. The van der Waals surface area contributed by atoms with Crippen molar-refractivity contribution in [3.8, 4) is 11.5 Å².